The number of hydrogen-bond donors (Lipinski definition) is 4. The number of ether oxygens (including phenoxy) is 1. The summed E-state index contributed by atoms with van der Waals surface area (Å²) < 4.78 is 6.28. The molecule has 0 unspecified atom stereocenters. The zero-order valence-corrected chi connectivity index (χ0v) is 28.4. The highest BCUT2D eigenvalue weighted by Gasteiger charge is 2.23. The maximum atomic E-state index is 13.6. The van der Waals surface area contributed by atoms with Crippen LogP contribution in [0.4, 0.5) is 16.2 Å². The number of nitrogens with one attached hydrogen (secondary N) is 4. The SMILES string of the molecule is COC(=O)Nc1ccc2c(c1)N[C@@H](C(=O)NCc1ccccn1)CCCC[C@H](NC(=O)/C=C/c1cc(Cl)ccc1-n1cnnn1)c1cncc-2c1. The van der Waals surface area contributed by atoms with Gasteiger partial charge in [0.25, 0.3) is 0 Å². The number of nitrogens with zero attached hydrogens (tertiary/aromatic N) is 6. The summed E-state index contributed by atoms with van der Waals surface area (Å²) in [6.45, 7) is 0.272. The van der Waals surface area contributed by atoms with E-state index in [-0.39, 0.29) is 24.4 Å². The lowest BCUT2D eigenvalue weighted by atomic mass is 9.95. The van der Waals surface area contributed by atoms with Crippen molar-refractivity contribution in [3.05, 3.63) is 114 Å². The summed E-state index contributed by atoms with van der Waals surface area (Å²) in [5, 5.41) is 24.1. The molecule has 6 rings (SSSR count). The van der Waals surface area contributed by atoms with Crippen LogP contribution in [0.5, 0.6) is 0 Å². The van der Waals surface area contributed by atoms with Crippen LogP contribution in [-0.2, 0) is 20.9 Å². The molecule has 4 N–H and O–H groups in total. The largest absolute Gasteiger partial charge is 0.453 e. The van der Waals surface area contributed by atoms with Gasteiger partial charge in [-0.2, -0.15) is 4.68 Å². The van der Waals surface area contributed by atoms with Gasteiger partial charge in [-0.1, -0.05) is 36.6 Å². The molecule has 0 fully saturated rings. The van der Waals surface area contributed by atoms with Crippen molar-refractivity contribution in [1.29, 1.82) is 0 Å². The van der Waals surface area contributed by atoms with E-state index < -0.39 is 12.1 Å². The molecule has 0 aliphatic carbocycles. The summed E-state index contributed by atoms with van der Waals surface area (Å²) in [7, 11) is 1.29. The fourth-order valence-electron chi connectivity index (χ4n) is 5.76. The summed E-state index contributed by atoms with van der Waals surface area (Å²) in [4.78, 5) is 47.9. The van der Waals surface area contributed by atoms with Crippen LogP contribution in [0.25, 0.3) is 22.9 Å². The van der Waals surface area contributed by atoms with E-state index >= 15 is 0 Å². The number of benzene rings is 2. The second kappa shape index (κ2) is 16.5. The minimum Gasteiger partial charge on any atom is -0.453 e. The Morgan fingerprint density at radius 2 is 1.94 bits per heavy atom. The maximum absolute atomic E-state index is 13.6. The topological polar surface area (TPSA) is 178 Å². The van der Waals surface area contributed by atoms with E-state index in [1.54, 1.807) is 55.0 Å². The van der Waals surface area contributed by atoms with Gasteiger partial charge in [0.1, 0.15) is 12.4 Å². The number of anilines is 2. The van der Waals surface area contributed by atoms with Gasteiger partial charge in [-0.3, -0.25) is 24.9 Å². The standard InChI is InChI=1S/C36H35ClN10O4/c1-51-36(50)42-27-11-12-29-24-16-25(20-38-19-24)30(44-34(48)14-9-23-17-26(37)10-13-33(23)47-22-41-45-46-47)7-2-3-8-31(43-32(29)18-27)35(49)40-21-28-6-4-5-15-39-28/h4-6,9-20,22,30-31,43H,2-3,7-8,21H2,1H3,(H,40,49)(H,42,50)(H,44,48)/b14-9+/t30-,31+/m0/s1. The van der Waals surface area contributed by atoms with E-state index in [1.165, 1.54) is 24.2 Å². The summed E-state index contributed by atoms with van der Waals surface area (Å²) in [5.41, 5.74) is 5.48. The third-order valence-corrected chi connectivity index (χ3v) is 8.53. The fraction of sp³-hybridized carbons (Fsp3) is 0.222. The fourth-order valence-corrected chi connectivity index (χ4v) is 5.94. The number of tetrazole rings is 1. The first kappa shape index (κ1) is 34.7. The van der Waals surface area contributed by atoms with Crippen molar-refractivity contribution in [3.63, 3.8) is 0 Å². The molecule has 2 aromatic carbocycles. The summed E-state index contributed by atoms with van der Waals surface area (Å²) in [6, 6.07) is 17.1. The molecule has 0 radical (unpaired) electrons. The van der Waals surface area contributed by atoms with Crippen molar-refractivity contribution in [2.75, 3.05) is 17.7 Å². The molecule has 2 bridgehead atoms. The number of amides is 3. The first-order chi connectivity index (χ1) is 24.9. The Morgan fingerprint density at radius 3 is 2.75 bits per heavy atom. The van der Waals surface area contributed by atoms with E-state index in [1.807, 2.05) is 30.3 Å². The molecule has 0 saturated carbocycles. The number of halogens is 1. The monoisotopic (exact) mass is 706 g/mol. The van der Waals surface area contributed by atoms with Crippen molar-refractivity contribution >= 4 is 47.0 Å². The van der Waals surface area contributed by atoms with Crippen LogP contribution < -0.4 is 21.3 Å². The van der Waals surface area contributed by atoms with Crippen LogP contribution in [0, 0.1) is 0 Å². The van der Waals surface area contributed by atoms with E-state index in [0.29, 0.717) is 53.3 Å². The average Bonchev–Trinajstić information content (AvgIpc) is 3.69. The number of carbonyl (C=O) groups excluding carboxylic acids is 3. The molecule has 1 aliphatic rings. The quantitative estimate of drug-likeness (QED) is 0.151. The number of hydrogen-bond acceptors (Lipinski definition) is 10. The smallest absolute Gasteiger partial charge is 0.411 e. The van der Waals surface area contributed by atoms with Gasteiger partial charge < -0.3 is 20.7 Å². The predicted molar refractivity (Wildman–Crippen MR) is 192 cm³/mol. The van der Waals surface area contributed by atoms with Gasteiger partial charge >= 0.3 is 6.09 Å². The Morgan fingerprint density at radius 1 is 1.06 bits per heavy atom. The van der Waals surface area contributed by atoms with Gasteiger partial charge in [0.15, 0.2) is 0 Å². The lowest BCUT2D eigenvalue weighted by molar-refractivity contribution is -0.122. The molecule has 2 atom stereocenters. The Hall–Kier alpha value is -6.15. The van der Waals surface area contributed by atoms with E-state index in [9.17, 15) is 14.4 Å². The predicted octanol–water partition coefficient (Wildman–Crippen LogP) is 5.49. The minimum atomic E-state index is -0.619. The molecule has 260 valence electrons. The molecule has 14 nitrogen and oxygen atoms in total. The van der Waals surface area contributed by atoms with Crippen molar-refractivity contribution in [2.24, 2.45) is 0 Å². The van der Waals surface area contributed by atoms with Gasteiger partial charge in [-0.05, 0) is 83.4 Å². The molecule has 3 aromatic heterocycles. The molecule has 51 heavy (non-hydrogen) atoms. The molecule has 5 aromatic rings. The third-order valence-electron chi connectivity index (χ3n) is 8.29. The summed E-state index contributed by atoms with van der Waals surface area (Å²) in [6.07, 6.45) is 11.6. The zero-order chi connectivity index (χ0) is 35.6. The molecule has 1 aliphatic heterocycles. The highest BCUT2D eigenvalue weighted by molar-refractivity contribution is 6.30. The first-order valence-corrected chi connectivity index (χ1v) is 16.6. The average molecular weight is 707 g/mol. The Bertz CT molecular complexity index is 2020. The number of pyridine rings is 2. The number of aromatic nitrogens is 6. The lowest BCUT2D eigenvalue weighted by Crippen LogP contribution is -2.39. The highest BCUT2D eigenvalue weighted by atomic mass is 35.5. The van der Waals surface area contributed by atoms with Crippen LogP contribution in [-0.4, -0.2) is 61.2 Å². The van der Waals surface area contributed by atoms with Crippen LogP contribution in [0.2, 0.25) is 5.02 Å². The van der Waals surface area contributed by atoms with Crippen molar-refractivity contribution in [2.45, 2.75) is 44.3 Å². The minimum absolute atomic E-state index is 0.195. The lowest BCUT2D eigenvalue weighted by Gasteiger charge is -2.25. The number of rotatable bonds is 8. The summed E-state index contributed by atoms with van der Waals surface area (Å²) >= 11 is 6.26. The van der Waals surface area contributed by atoms with Gasteiger partial charge in [0.05, 0.1) is 31.1 Å². The van der Waals surface area contributed by atoms with Gasteiger partial charge in [-0.25, -0.2) is 4.79 Å². The van der Waals surface area contributed by atoms with Crippen molar-refractivity contribution < 1.29 is 19.1 Å². The molecular weight excluding hydrogens is 672 g/mol. The Balaban J connectivity index is 1.27. The van der Waals surface area contributed by atoms with E-state index in [0.717, 1.165) is 22.4 Å². The molecule has 0 spiro atoms. The Kier molecular flexibility index (Phi) is 11.2. The molecular formula is C36H35ClN10O4. The van der Waals surface area contributed by atoms with Gasteiger partial charge in [-0.15, -0.1) is 5.10 Å². The first-order valence-electron chi connectivity index (χ1n) is 16.3. The van der Waals surface area contributed by atoms with Crippen molar-refractivity contribution in [3.8, 4) is 16.8 Å². The normalized spacial score (nSPS) is 15.7. The summed E-state index contributed by atoms with van der Waals surface area (Å²) in [5.74, 6) is -0.508. The zero-order valence-electron chi connectivity index (χ0n) is 27.6. The van der Waals surface area contributed by atoms with Gasteiger partial charge in [0, 0.05) is 57.8 Å². The van der Waals surface area contributed by atoms with Crippen molar-refractivity contribution in [1.82, 2.24) is 40.8 Å². The van der Waals surface area contributed by atoms with Crippen LogP contribution >= 0.6 is 11.6 Å². The second-order valence-corrected chi connectivity index (χ2v) is 12.2. The van der Waals surface area contributed by atoms with Crippen LogP contribution in [0.15, 0.2) is 91.7 Å². The Labute approximate surface area is 298 Å². The third kappa shape index (κ3) is 9.10. The van der Waals surface area contributed by atoms with Crippen LogP contribution in [0.1, 0.15) is 48.5 Å². The molecule has 0 saturated heterocycles. The highest BCUT2D eigenvalue weighted by Crippen LogP contribution is 2.34. The molecule has 4 heterocycles. The van der Waals surface area contributed by atoms with E-state index in [2.05, 4.69) is 46.8 Å². The number of methoxy groups -OCH3 is 1. The van der Waals surface area contributed by atoms with E-state index in [4.69, 9.17) is 16.3 Å². The molecule has 15 heteroatoms. The molecule has 3 amide bonds. The number of fused-ring (bicyclic) bond motifs is 4. The second-order valence-electron chi connectivity index (χ2n) is 11.8. The number of carbonyl (C=O) groups is 3. The maximum Gasteiger partial charge on any atom is 0.411 e. The van der Waals surface area contributed by atoms with Crippen LogP contribution in [0.3, 0.4) is 0 Å². The van der Waals surface area contributed by atoms with Gasteiger partial charge in [0.2, 0.25) is 11.8 Å².